The molecular formula is C38H46N4O2S. The summed E-state index contributed by atoms with van der Waals surface area (Å²) in [4.78, 5) is 26.3. The van der Waals surface area contributed by atoms with Crippen LogP contribution < -0.4 is 4.90 Å². The van der Waals surface area contributed by atoms with Crippen LogP contribution in [0.3, 0.4) is 0 Å². The van der Waals surface area contributed by atoms with Crippen molar-refractivity contribution in [2.75, 3.05) is 11.4 Å². The quantitative estimate of drug-likeness (QED) is 0.115. The van der Waals surface area contributed by atoms with Crippen molar-refractivity contribution in [2.45, 2.75) is 85.0 Å². The molecule has 2 N–H and O–H groups in total. The molecule has 0 bridgehead atoms. The minimum Gasteiger partial charge on any atom is -0.480 e. The lowest BCUT2D eigenvalue weighted by atomic mass is 9.90. The van der Waals surface area contributed by atoms with Crippen LogP contribution in [0.1, 0.15) is 81.1 Å². The Morgan fingerprint density at radius 3 is 2.22 bits per heavy atom. The van der Waals surface area contributed by atoms with Gasteiger partial charge < -0.3 is 15.0 Å². The summed E-state index contributed by atoms with van der Waals surface area (Å²) in [6.07, 6.45) is 4.95. The van der Waals surface area contributed by atoms with E-state index in [-0.39, 0.29) is 6.54 Å². The third-order valence-electron chi connectivity index (χ3n) is 8.40. The van der Waals surface area contributed by atoms with Crippen LogP contribution in [0.2, 0.25) is 0 Å². The number of rotatable bonds is 16. The molecule has 0 amide bonds. The molecule has 236 valence electrons. The molecule has 7 heteroatoms. The van der Waals surface area contributed by atoms with E-state index in [0.717, 1.165) is 28.3 Å². The summed E-state index contributed by atoms with van der Waals surface area (Å²) in [7, 11) is 0. The number of aromatic amines is 1. The predicted molar refractivity (Wildman–Crippen MR) is 188 cm³/mol. The van der Waals surface area contributed by atoms with Crippen LogP contribution >= 0.6 is 11.3 Å². The Morgan fingerprint density at radius 2 is 1.58 bits per heavy atom. The molecule has 0 spiro atoms. The van der Waals surface area contributed by atoms with Crippen LogP contribution in [-0.2, 0) is 24.4 Å². The van der Waals surface area contributed by atoms with E-state index in [2.05, 4.69) is 103 Å². The Kier molecular flexibility index (Phi) is 11.1. The number of carboxylic acids is 1. The standard InChI is InChI=1S/C38H46N4O2S/c1-5-9-29(10-6-2)30-17-19-32(20-18-30)42(27(3)4)23-28-13-15-31(16-14-28)36-22-21-33(45-36)24-41(26-38(43)44)25-37-39-34-11-7-8-12-35(34)40-37/h7-8,11-22,27,29H,5-6,9-10,23-26H2,1-4H3,(H,39,40)(H,43,44). The molecule has 45 heavy (non-hydrogen) atoms. The first-order valence-electron chi connectivity index (χ1n) is 16.2. The predicted octanol–water partition coefficient (Wildman–Crippen LogP) is 9.48. The number of carbonyl (C=O) groups is 1. The van der Waals surface area contributed by atoms with Gasteiger partial charge in [-0.25, -0.2) is 4.98 Å². The van der Waals surface area contributed by atoms with Gasteiger partial charge in [0, 0.05) is 34.6 Å². The molecule has 5 aromatic rings. The maximum absolute atomic E-state index is 11.6. The lowest BCUT2D eigenvalue weighted by molar-refractivity contribution is -0.138. The maximum atomic E-state index is 11.6. The smallest absolute Gasteiger partial charge is 0.317 e. The molecule has 0 aliphatic heterocycles. The Morgan fingerprint density at radius 1 is 0.867 bits per heavy atom. The highest BCUT2D eigenvalue weighted by atomic mass is 32.1. The van der Waals surface area contributed by atoms with Gasteiger partial charge in [-0.05, 0) is 85.7 Å². The highest BCUT2D eigenvalue weighted by Gasteiger charge is 2.17. The molecule has 0 saturated carbocycles. The van der Waals surface area contributed by atoms with Gasteiger partial charge in [0.15, 0.2) is 0 Å². The number of nitrogens with zero attached hydrogens (tertiary/aromatic N) is 3. The minimum absolute atomic E-state index is 0.0495. The third kappa shape index (κ3) is 8.62. The third-order valence-corrected chi connectivity index (χ3v) is 9.52. The van der Waals surface area contributed by atoms with Crippen molar-refractivity contribution in [3.8, 4) is 10.4 Å². The number of fused-ring (bicyclic) bond motifs is 1. The van der Waals surface area contributed by atoms with Crippen molar-refractivity contribution in [2.24, 2.45) is 0 Å². The van der Waals surface area contributed by atoms with Gasteiger partial charge in [-0.2, -0.15) is 0 Å². The van der Waals surface area contributed by atoms with Gasteiger partial charge >= 0.3 is 5.97 Å². The summed E-state index contributed by atoms with van der Waals surface area (Å²) in [5, 5.41) is 9.56. The van der Waals surface area contributed by atoms with Crippen molar-refractivity contribution in [1.29, 1.82) is 0 Å². The van der Waals surface area contributed by atoms with Crippen molar-refractivity contribution in [3.63, 3.8) is 0 Å². The molecule has 0 saturated heterocycles. The van der Waals surface area contributed by atoms with E-state index in [1.165, 1.54) is 52.9 Å². The largest absolute Gasteiger partial charge is 0.480 e. The van der Waals surface area contributed by atoms with Gasteiger partial charge in [0.25, 0.3) is 0 Å². The van der Waals surface area contributed by atoms with Crippen molar-refractivity contribution >= 4 is 34.0 Å². The topological polar surface area (TPSA) is 72.5 Å². The summed E-state index contributed by atoms with van der Waals surface area (Å²) in [6, 6.07) is 30.7. The second-order valence-electron chi connectivity index (χ2n) is 12.3. The number of anilines is 1. The lowest BCUT2D eigenvalue weighted by Crippen LogP contribution is -2.30. The van der Waals surface area contributed by atoms with Gasteiger partial charge in [-0.15, -0.1) is 11.3 Å². The molecule has 0 atom stereocenters. The van der Waals surface area contributed by atoms with Crippen LogP contribution in [0.5, 0.6) is 0 Å². The maximum Gasteiger partial charge on any atom is 0.317 e. The fraction of sp³-hybridized carbons (Fsp3) is 0.368. The molecule has 0 aliphatic rings. The molecule has 0 unspecified atom stereocenters. The Labute approximate surface area is 271 Å². The number of aromatic nitrogens is 2. The van der Waals surface area contributed by atoms with Gasteiger partial charge in [-0.3, -0.25) is 9.69 Å². The van der Waals surface area contributed by atoms with Gasteiger partial charge in [0.1, 0.15) is 5.82 Å². The number of nitrogens with one attached hydrogen (secondary N) is 1. The number of imidazole rings is 1. The first kappa shape index (κ1) is 32.5. The average molecular weight is 623 g/mol. The highest BCUT2D eigenvalue weighted by molar-refractivity contribution is 7.15. The van der Waals surface area contributed by atoms with Gasteiger partial charge in [-0.1, -0.05) is 75.2 Å². The molecule has 0 fully saturated rings. The Balaban J connectivity index is 1.24. The van der Waals surface area contributed by atoms with Gasteiger partial charge in [0.2, 0.25) is 0 Å². The zero-order valence-corrected chi connectivity index (χ0v) is 27.8. The van der Waals surface area contributed by atoms with Gasteiger partial charge in [0.05, 0.1) is 24.1 Å². The van der Waals surface area contributed by atoms with Crippen LogP contribution in [0, 0.1) is 0 Å². The molecule has 0 aliphatic carbocycles. The second-order valence-corrected chi connectivity index (χ2v) is 13.5. The first-order valence-corrected chi connectivity index (χ1v) is 17.1. The fourth-order valence-corrected chi connectivity index (χ4v) is 7.20. The molecule has 3 aromatic carbocycles. The average Bonchev–Trinajstić information content (AvgIpc) is 3.66. The Hall–Kier alpha value is -3.94. The molecule has 0 radical (unpaired) electrons. The normalized spacial score (nSPS) is 11.7. The number of hydrogen-bond donors (Lipinski definition) is 2. The summed E-state index contributed by atoms with van der Waals surface area (Å²) < 4.78 is 0. The van der Waals surface area contributed by atoms with E-state index in [4.69, 9.17) is 0 Å². The van der Waals surface area contributed by atoms with E-state index in [1.54, 1.807) is 11.3 Å². The number of carboxylic acid groups (broad SMARTS) is 1. The van der Waals surface area contributed by atoms with E-state index in [9.17, 15) is 9.90 Å². The summed E-state index contributed by atoms with van der Waals surface area (Å²) in [6.45, 7) is 10.9. The van der Waals surface area contributed by atoms with E-state index >= 15 is 0 Å². The van der Waals surface area contributed by atoms with Crippen LogP contribution in [0.4, 0.5) is 5.69 Å². The number of hydrogen-bond acceptors (Lipinski definition) is 5. The molecular weight excluding hydrogens is 577 g/mol. The number of aliphatic carboxylic acids is 1. The molecule has 6 nitrogen and oxygen atoms in total. The minimum atomic E-state index is -0.845. The van der Waals surface area contributed by atoms with Crippen molar-refractivity contribution in [1.82, 2.24) is 14.9 Å². The van der Waals surface area contributed by atoms with Crippen LogP contribution in [-0.4, -0.2) is 38.5 Å². The Bertz CT molecular complexity index is 1620. The molecule has 5 rings (SSSR count). The summed E-state index contributed by atoms with van der Waals surface area (Å²) >= 11 is 1.71. The fourth-order valence-electron chi connectivity index (χ4n) is 6.15. The monoisotopic (exact) mass is 622 g/mol. The number of benzene rings is 3. The first-order chi connectivity index (χ1) is 21.8. The van der Waals surface area contributed by atoms with Crippen LogP contribution in [0.15, 0.2) is 84.9 Å². The highest BCUT2D eigenvalue weighted by Crippen LogP contribution is 2.31. The lowest BCUT2D eigenvalue weighted by Gasteiger charge is -2.30. The number of thiophene rings is 1. The van der Waals surface area contributed by atoms with Crippen molar-refractivity contribution in [3.05, 3.63) is 107 Å². The van der Waals surface area contributed by atoms with Crippen LogP contribution in [0.25, 0.3) is 21.5 Å². The second kappa shape index (κ2) is 15.4. The van der Waals surface area contributed by atoms with E-state index in [0.29, 0.717) is 25.0 Å². The summed E-state index contributed by atoms with van der Waals surface area (Å²) in [5.41, 5.74) is 7.04. The molecule has 2 aromatic heterocycles. The SMILES string of the molecule is CCCC(CCC)c1ccc(N(Cc2ccc(-c3ccc(CN(CC(=O)O)Cc4nc5ccccc5[nH]4)s3)cc2)C(C)C)cc1. The van der Waals surface area contributed by atoms with E-state index < -0.39 is 5.97 Å². The van der Waals surface area contributed by atoms with Crippen molar-refractivity contribution < 1.29 is 9.90 Å². The number of para-hydroxylation sites is 2. The zero-order valence-electron chi connectivity index (χ0n) is 27.0. The summed E-state index contributed by atoms with van der Waals surface area (Å²) in [5.74, 6) is 0.583. The molecule has 2 heterocycles. The number of H-pyrrole nitrogens is 1. The zero-order chi connectivity index (χ0) is 31.8. The van der Waals surface area contributed by atoms with E-state index in [1.807, 2.05) is 29.2 Å².